The molecule has 0 radical (unpaired) electrons. The summed E-state index contributed by atoms with van der Waals surface area (Å²) in [6.45, 7) is 6.82. The summed E-state index contributed by atoms with van der Waals surface area (Å²) in [5.41, 5.74) is 1.33. The third kappa shape index (κ3) is 6.02. The Bertz CT molecular complexity index is 798. The van der Waals surface area contributed by atoms with E-state index < -0.39 is 11.0 Å². The van der Waals surface area contributed by atoms with E-state index in [1.807, 2.05) is 30.3 Å². The zero-order valence-electron chi connectivity index (χ0n) is 16.6. The molecule has 4 N–H and O–H groups in total. The number of pyridine rings is 1. The van der Waals surface area contributed by atoms with Gasteiger partial charge in [-0.3, -0.25) is 0 Å². The van der Waals surface area contributed by atoms with E-state index in [-0.39, 0.29) is 5.54 Å². The van der Waals surface area contributed by atoms with Crippen LogP contribution in [-0.2, 0) is 17.6 Å². The molecular formula is C21H30N4O2S. The first-order chi connectivity index (χ1) is 13.4. The van der Waals surface area contributed by atoms with Crippen LogP contribution in [-0.4, -0.2) is 27.8 Å². The number of rotatable bonds is 9. The molecule has 1 aliphatic rings. The number of benzene rings is 1. The van der Waals surface area contributed by atoms with Crippen molar-refractivity contribution in [1.29, 1.82) is 0 Å². The molecule has 28 heavy (non-hydrogen) atoms. The Morgan fingerprint density at radius 1 is 1.29 bits per heavy atom. The minimum absolute atomic E-state index is 0.248. The first-order valence-corrected chi connectivity index (χ1v) is 11.0. The van der Waals surface area contributed by atoms with E-state index >= 15 is 0 Å². The predicted molar refractivity (Wildman–Crippen MR) is 114 cm³/mol. The topological polar surface area (TPSA) is 89.3 Å². The maximum Gasteiger partial charge on any atom is 0.170 e. The molecule has 0 bridgehead atoms. The van der Waals surface area contributed by atoms with Crippen LogP contribution in [0.1, 0.15) is 38.7 Å². The maximum absolute atomic E-state index is 11.6. The number of nitrogens with one attached hydrogen (secondary N) is 2. The molecule has 1 fully saturated rings. The summed E-state index contributed by atoms with van der Waals surface area (Å²) < 4.78 is 17.5. The molecule has 1 aromatic heterocycles. The molecule has 3 rings (SSSR count). The number of hydrogen-bond acceptors (Lipinski definition) is 5. The van der Waals surface area contributed by atoms with Crippen molar-refractivity contribution >= 4 is 16.8 Å². The Hall–Kier alpha value is -1.96. The van der Waals surface area contributed by atoms with E-state index in [2.05, 4.69) is 29.5 Å². The molecule has 1 unspecified atom stereocenters. The van der Waals surface area contributed by atoms with Gasteiger partial charge in [-0.2, -0.15) is 0 Å². The van der Waals surface area contributed by atoms with Gasteiger partial charge in [-0.15, -0.1) is 0 Å². The second-order valence-corrected chi connectivity index (χ2v) is 8.98. The van der Waals surface area contributed by atoms with Crippen LogP contribution in [0.15, 0.2) is 47.5 Å². The van der Waals surface area contributed by atoms with E-state index in [1.165, 1.54) is 6.42 Å². The lowest BCUT2D eigenvalue weighted by atomic mass is 9.94. The van der Waals surface area contributed by atoms with E-state index in [9.17, 15) is 4.21 Å². The molecule has 2 aromatic rings. The van der Waals surface area contributed by atoms with Crippen molar-refractivity contribution in [2.45, 2.75) is 50.3 Å². The lowest BCUT2D eigenvalue weighted by Gasteiger charge is -2.17. The SMILES string of the molecule is CC1(C)C[C@H](CCCNc2nc(S(N)=O)ccc2OCc2ccccc2)CN1. The Labute approximate surface area is 169 Å². The molecule has 1 aromatic carbocycles. The standard InChI is InChI=1S/C21H30N4O2S/c1-21(2)13-17(14-24-21)9-6-12-23-20-18(10-11-19(25-20)28(22)26)27-15-16-7-4-3-5-8-16/h3-5,7-8,10-11,17,24H,6,9,12-15,22H2,1-2H3,(H,23,25)/t17-,28?/m0/s1. The van der Waals surface area contributed by atoms with Gasteiger partial charge in [0.1, 0.15) is 22.6 Å². The summed E-state index contributed by atoms with van der Waals surface area (Å²) >= 11 is 0. The van der Waals surface area contributed by atoms with Gasteiger partial charge >= 0.3 is 0 Å². The Morgan fingerprint density at radius 2 is 2.07 bits per heavy atom. The molecule has 7 heteroatoms. The molecule has 1 aliphatic heterocycles. The van der Waals surface area contributed by atoms with Gasteiger partial charge in [-0.05, 0) is 63.3 Å². The fraction of sp³-hybridized carbons (Fsp3) is 0.476. The van der Waals surface area contributed by atoms with Crippen LogP contribution in [0.4, 0.5) is 5.82 Å². The van der Waals surface area contributed by atoms with Crippen LogP contribution in [0, 0.1) is 5.92 Å². The minimum Gasteiger partial charge on any atom is -0.485 e. The average Bonchev–Trinajstić information content (AvgIpc) is 3.03. The molecule has 0 amide bonds. The van der Waals surface area contributed by atoms with E-state index in [0.29, 0.717) is 29.1 Å². The van der Waals surface area contributed by atoms with Crippen LogP contribution in [0.25, 0.3) is 0 Å². The van der Waals surface area contributed by atoms with Crippen molar-refractivity contribution in [2.75, 3.05) is 18.4 Å². The Morgan fingerprint density at radius 3 is 2.75 bits per heavy atom. The molecule has 6 nitrogen and oxygen atoms in total. The Kier molecular flexibility index (Phi) is 7.04. The van der Waals surface area contributed by atoms with Crippen molar-refractivity contribution in [3.63, 3.8) is 0 Å². The Balaban J connectivity index is 1.57. The van der Waals surface area contributed by atoms with E-state index in [4.69, 9.17) is 9.88 Å². The van der Waals surface area contributed by atoms with Crippen molar-refractivity contribution < 1.29 is 8.95 Å². The smallest absolute Gasteiger partial charge is 0.170 e. The van der Waals surface area contributed by atoms with E-state index in [0.717, 1.165) is 31.5 Å². The number of ether oxygens (including phenoxy) is 1. The number of hydrogen-bond donors (Lipinski definition) is 3. The zero-order valence-corrected chi connectivity index (χ0v) is 17.4. The molecule has 1 saturated heterocycles. The number of aromatic nitrogens is 1. The highest BCUT2D eigenvalue weighted by Crippen LogP contribution is 2.27. The summed E-state index contributed by atoms with van der Waals surface area (Å²) in [7, 11) is -1.62. The molecule has 0 aliphatic carbocycles. The van der Waals surface area contributed by atoms with Crippen LogP contribution >= 0.6 is 0 Å². The van der Waals surface area contributed by atoms with Gasteiger partial charge in [0.25, 0.3) is 0 Å². The summed E-state index contributed by atoms with van der Waals surface area (Å²) in [5.74, 6) is 1.94. The van der Waals surface area contributed by atoms with Crippen molar-refractivity contribution in [2.24, 2.45) is 11.1 Å². The molecule has 0 spiro atoms. The predicted octanol–water partition coefficient (Wildman–Crippen LogP) is 3.22. The second-order valence-electron chi connectivity index (χ2n) is 7.97. The lowest BCUT2D eigenvalue weighted by molar-refractivity contribution is 0.306. The fourth-order valence-corrected chi connectivity index (χ4v) is 3.99. The summed E-state index contributed by atoms with van der Waals surface area (Å²) in [5, 5.41) is 12.7. The van der Waals surface area contributed by atoms with Gasteiger partial charge in [-0.1, -0.05) is 30.3 Å². The normalized spacial score (nSPS) is 19.3. The first kappa shape index (κ1) is 20.8. The summed E-state index contributed by atoms with van der Waals surface area (Å²) in [6.07, 6.45) is 3.41. The maximum atomic E-state index is 11.6. The number of anilines is 1. The van der Waals surface area contributed by atoms with Crippen LogP contribution in [0.2, 0.25) is 0 Å². The highest BCUT2D eigenvalue weighted by atomic mass is 32.2. The molecule has 2 heterocycles. The molecule has 0 saturated carbocycles. The molecular weight excluding hydrogens is 372 g/mol. The first-order valence-electron chi connectivity index (χ1n) is 9.76. The zero-order chi connectivity index (χ0) is 20.0. The van der Waals surface area contributed by atoms with Gasteiger partial charge in [0, 0.05) is 12.1 Å². The van der Waals surface area contributed by atoms with Crippen molar-refractivity contribution in [1.82, 2.24) is 10.3 Å². The van der Waals surface area contributed by atoms with Gasteiger partial charge in [0.15, 0.2) is 11.6 Å². The van der Waals surface area contributed by atoms with Crippen LogP contribution in [0.5, 0.6) is 5.75 Å². The number of nitrogens with zero attached hydrogens (tertiary/aromatic N) is 1. The highest BCUT2D eigenvalue weighted by Gasteiger charge is 2.29. The molecule has 152 valence electrons. The summed E-state index contributed by atoms with van der Waals surface area (Å²) in [4.78, 5) is 4.40. The van der Waals surface area contributed by atoms with Crippen LogP contribution in [0.3, 0.4) is 0 Å². The van der Waals surface area contributed by atoms with E-state index in [1.54, 1.807) is 12.1 Å². The minimum atomic E-state index is -1.62. The van der Waals surface area contributed by atoms with Gasteiger partial charge in [-0.25, -0.2) is 14.3 Å². The second kappa shape index (κ2) is 9.49. The largest absolute Gasteiger partial charge is 0.485 e. The van der Waals surface area contributed by atoms with Crippen molar-refractivity contribution in [3.8, 4) is 5.75 Å². The molecule has 2 atom stereocenters. The third-order valence-electron chi connectivity index (χ3n) is 5.03. The van der Waals surface area contributed by atoms with Gasteiger partial charge in [0.05, 0.1) is 0 Å². The third-order valence-corrected chi connectivity index (χ3v) is 5.67. The lowest BCUT2D eigenvalue weighted by Crippen LogP contribution is -2.31. The van der Waals surface area contributed by atoms with Crippen molar-refractivity contribution in [3.05, 3.63) is 48.0 Å². The highest BCUT2D eigenvalue weighted by molar-refractivity contribution is 7.82. The number of nitrogens with two attached hydrogens (primary N) is 1. The monoisotopic (exact) mass is 402 g/mol. The van der Waals surface area contributed by atoms with Gasteiger partial charge in [0.2, 0.25) is 0 Å². The van der Waals surface area contributed by atoms with Gasteiger partial charge < -0.3 is 15.4 Å². The van der Waals surface area contributed by atoms with Crippen LogP contribution < -0.4 is 20.5 Å². The quantitative estimate of drug-likeness (QED) is 0.561. The summed E-state index contributed by atoms with van der Waals surface area (Å²) in [6, 6.07) is 13.4. The average molecular weight is 403 g/mol. The fourth-order valence-electron chi connectivity index (χ4n) is 3.61.